The van der Waals surface area contributed by atoms with Gasteiger partial charge in [0, 0.05) is 7.05 Å². The van der Waals surface area contributed by atoms with Gasteiger partial charge >= 0.3 is 5.97 Å². The van der Waals surface area contributed by atoms with Crippen molar-refractivity contribution >= 4 is 5.97 Å². The van der Waals surface area contributed by atoms with E-state index in [1.54, 1.807) is 6.07 Å². The number of carboxylic acid groups (broad SMARTS) is 1. The molecule has 0 saturated heterocycles. The van der Waals surface area contributed by atoms with Crippen molar-refractivity contribution in [2.45, 2.75) is 0 Å². The third kappa shape index (κ3) is 1.05. The molecule has 1 heterocycles. The summed E-state index contributed by atoms with van der Waals surface area (Å²) in [6.07, 6.45) is 1.15. The normalized spacial score (nSPS) is 9.09. The van der Waals surface area contributed by atoms with Crippen molar-refractivity contribution in [3.05, 3.63) is 17.7 Å². The van der Waals surface area contributed by atoms with Crippen LogP contribution in [0.25, 0.3) is 0 Å². The van der Waals surface area contributed by atoms with E-state index < -0.39 is 5.97 Å². The average Bonchev–Trinajstić information content (AvgIpc) is 2.30. The van der Waals surface area contributed by atoms with Crippen molar-refractivity contribution in [2.24, 2.45) is 7.05 Å². The summed E-state index contributed by atoms with van der Waals surface area (Å²) in [7, 11) is 1.48. The fourth-order valence-electron chi connectivity index (χ4n) is 0.712. The zero-order valence-electron chi connectivity index (χ0n) is 5.77. The first-order valence-electron chi connectivity index (χ1n) is 2.82. The van der Waals surface area contributed by atoms with Crippen LogP contribution in [0.3, 0.4) is 0 Å². The molecule has 5 heteroatoms. The standard InChI is InChI=1S/C6H5N3O2/c1-9-4(6(10)11)3-8-5(9)2-7/h3H,1H3,(H,10,11). The van der Waals surface area contributed by atoms with Gasteiger partial charge in [-0.05, 0) is 0 Å². The van der Waals surface area contributed by atoms with Gasteiger partial charge in [0.05, 0.1) is 6.20 Å². The number of carboxylic acids is 1. The number of aromatic nitrogens is 2. The average molecular weight is 151 g/mol. The molecule has 5 nitrogen and oxygen atoms in total. The molecular formula is C6H5N3O2. The number of aromatic carboxylic acids is 1. The van der Waals surface area contributed by atoms with Crippen LogP contribution in [0, 0.1) is 11.3 Å². The quantitative estimate of drug-likeness (QED) is 0.612. The number of carbonyl (C=O) groups is 1. The van der Waals surface area contributed by atoms with Crippen molar-refractivity contribution in [1.29, 1.82) is 5.26 Å². The predicted molar refractivity (Wildman–Crippen MR) is 34.9 cm³/mol. The molecule has 0 atom stereocenters. The van der Waals surface area contributed by atoms with Gasteiger partial charge < -0.3 is 9.67 Å². The number of nitriles is 1. The van der Waals surface area contributed by atoms with Gasteiger partial charge in [0.1, 0.15) is 11.8 Å². The van der Waals surface area contributed by atoms with E-state index in [0.29, 0.717) is 0 Å². The van der Waals surface area contributed by atoms with Crippen molar-refractivity contribution < 1.29 is 9.90 Å². The van der Waals surface area contributed by atoms with E-state index in [1.165, 1.54) is 11.6 Å². The lowest BCUT2D eigenvalue weighted by Gasteiger charge is -1.93. The molecule has 0 aliphatic heterocycles. The van der Waals surface area contributed by atoms with E-state index in [4.69, 9.17) is 10.4 Å². The van der Waals surface area contributed by atoms with Crippen molar-refractivity contribution in [3.8, 4) is 6.07 Å². The molecule has 11 heavy (non-hydrogen) atoms. The molecule has 0 aromatic carbocycles. The lowest BCUT2D eigenvalue weighted by molar-refractivity contribution is 0.0686. The molecule has 0 aliphatic carbocycles. The maximum absolute atomic E-state index is 10.4. The lowest BCUT2D eigenvalue weighted by Crippen LogP contribution is -2.05. The molecular weight excluding hydrogens is 146 g/mol. The summed E-state index contributed by atoms with van der Waals surface area (Å²) in [6.45, 7) is 0. The molecule has 1 N–H and O–H groups in total. The van der Waals surface area contributed by atoms with Gasteiger partial charge in [-0.2, -0.15) is 5.26 Å². The van der Waals surface area contributed by atoms with E-state index in [2.05, 4.69) is 4.98 Å². The van der Waals surface area contributed by atoms with Crippen LogP contribution in [0.1, 0.15) is 16.3 Å². The van der Waals surface area contributed by atoms with Crippen LogP contribution in [0.5, 0.6) is 0 Å². The Bertz CT molecular complexity index is 334. The molecule has 0 unspecified atom stereocenters. The highest BCUT2D eigenvalue weighted by Crippen LogP contribution is 2.00. The van der Waals surface area contributed by atoms with Gasteiger partial charge in [-0.3, -0.25) is 0 Å². The Kier molecular flexibility index (Phi) is 1.60. The monoisotopic (exact) mass is 151 g/mol. The van der Waals surface area contributed by atoms with E-state index in [-0.39, 0.29) is 11.5 Å². The summed E-state index contributed by atoms with van der Waals surface area (Å²) in [5, 5.41) is 16.9. The molecule has 0 spiro atoms. The zero-order valence-corrected chi connectivity index (χ0v) is 5.77. The Hall–Kier alpha value is -1.83. The van der Waals surface area contributed by atoms with Crippen LogP contribution in [-0.2, 0) is 7.05 Å². The topological polar surface area (TPSA) is 78.9 Å². The summed E-state index contributed by atoms with van der Waals surface area (Å²) in [5.41, 5.74) is 0.0153. The molecule has 1 rings (SSSR count). The summed E-state index contributed by atoms with van der Waals surface area (Å²) >= 11 is 0. The molecule has 56 valence electrons. The molecule has 1 aromatic heterocycles. The van der Waals surface area contributed by atoms with Crippen LogP contribution < -0.4 is 0 Å². The minimum absolute atomic E-state index is 0.0153. The first-order chi connectivity index (χ1) is 5.16. The fraction of sp³-hybridized carbons (Fsp3) is 0.167. The van der Waals surface area contributed by atoms with Gasteiger partial charge in [0.2, 0.25) is 5.82 Å². The van der Waals surface area contributed by atoms with Gasteiger partial charge in [-0.15, -0.1) is 0 Å². The highest BCUT2D eigenvalue weighted by Gasteiger charge is 2.10. The van der Waals surface area contributed by atoms with Crippen LogP contribution in [0.2, 0.25) is 0 Å². The second kappa shape index (κ2) is 2.42. The van der Waals surface area contributed by atoms with E-state index >= 15 is 0 Å². The Morgan fingerprint density at radius 2 is 2.55 bits per heavy atom. The fourth-order valence-corrected chi connectivity index (χ4v) is 0.712. The van der Waals surface area contributed by atoms with Crippen molar-refractivity contribution in [3.63, 3.8) is 0 Å². The SMILES string of the molecule is Cn1c(C(=O)O)cnc1C#N. The third-order valence-corrected chi connectivity index (χ3v) is 1.31. The highest BCUT2D eigenvalue weighted by atomic mass is 16.4. The van der Waals surface area contributed by atoms with Gasteiger partial charge in [0.15, 0.2) is 0 Å². The Morgan fingerprint density at radius 1 is 1.91 bits per heavy atom. The van der Waals surface area contributed by atoms with Gasteiger partial charge in [-0.25, -0.2) is 9.78 Å². The lowest BCUT2D eigenvalue weighted by atomic mass is 10.5. The van der Waals surface area contributed by atoms with Crippen LogP contribution in [0.15, 0.2) is 6.20 Å². The summed E-state index contributed by atoms with van der Waals surface area (Å²) < 4.78 is 1.22. The molecule has 0 fully saturated rings. The second-order valence-electron chi connectivity index (χ2n) is 1.94. The van der Waals surface area contributed by atoms with Crippen molar-refractivity contribution in [2.75, 3.05) is 0 Å². The summed E-state index contributed by atoms with van der Waals surface area (Å²) in [5.74, 6) is -0.982. The Morgan fingerprint density at radius 3 is 2.82 bits per heavy atom. The number of nitrogens with zero attached hydrogens (tertiary/aromatic N) is 3. The van der Waals surface area contributed by atoms with E-state index in [1.807, 2.05) is 0 Å². The first kappa shape index (κ1) is 7.28. The molecule has 0 aliphatic rings. The largest absolute Gasteiger partial charge is 0.477 e. The van der Waals surface area contributed by atoms with E-state index in [0.717, 1.165) is 6.20 Å². The second-order valence-corrected chi connectivity index (χ2v) is 1.94. The first-order valence-corrected chi connectivity index (χ1v) is 2.82. The molecule has 1 aromatic rings. The number of imidazole rings is 1. The zero-order chi connectivity index (χ0) is 8.43. The third-order valence-electron chi connectivity index (χ3n) is 1.31. The van der Waals surface area contributed by atoms with Crippen molar-refractivity contribution in [1.82, 2.24) is 9.55 Å². The van der Waals surface area contributed by atoms with Crippen LogP contribution >= 0.6 is 0 Å². The predicted octanol–water partition coefficient (Wildman–Crippen LogP) is -0.0100. The number of rotatable bonds is 1. The van der Waals surface area contributed by atoms with Gasteiger partial charge in [0.25, 0.3) is 0 Å². The van der Waals surface area contributed by atoms with Gasteiger partial charge in [-0.1, -0.05) is 0 Å². The Labute approximate surface area is 62.5 Å². The molecule has 0 radical (unpaired) electrons. The summed E-state index contributed by atoms with van der Waals surface area (Å²) in [4.78, 5) is 14.0. The molecule has 0 bridgehead atoms. The van der Waals surface area contributed by atoms with E-state index in [9.17, 15) is 4.79 Å². The Balaban J connectivity index is 3.24. The summed E-state index contributed by atoms with van der Waals surface area (Å²) in [6, 6.07) is 1.76. The maximum Gasteiger partial charge on any atom is 0.354 e. The minimum atomic E-state index is -1.08. The highest BCUT2D eigenvalue weighted by molar-refractivity contribution is 5.85. The molecule has 0 saturated carbocycles. The smallest absolute Gasteiger partial charge is 0.354 e. The van der Waals surface area contributed by atoms with Crippen LogP contribution in [-0.4, -0.2) is 20.6 Å². The maximum atomic E-state index is 10.4. The number of hydrogen-bond donors (Lipinski definition) is 1. The number of hydrogen-bond acceptors (Lipinski definition) is 3. The minimum Gasteiger partial charge on any atom is -0.477 e. The van der Waals surface area contributed by atoms with Crippen LogP contribution in [0.4, 0.5) is 0 Å². The molecule has 0 amide bonds.